The van der Waals surface area contributed by atoms with Gasteiger partial charge in [-0.2, -0.15) is 0 Å². The molecular formula is C20H31N3O3S. The Balaban J connectivity index is 1.67. The van der Waals surface area contributed by atoms with Gasteiger partial charge in [0.25, 0.3) is 0 Å². The topological polar surface area (TPSA) is 79.4 Å². The molecule has 2 aliphatic rings. The zero-order chi connectivity index (χ0) is 19.1. The van der Waals surface area contributed by atoms with Crippen molar-refractivity contribution in [1.82, 2.24) is 15.2 Å². The van der Waals surface area contributed by atoms with E-state index in [1.54, 1.807) is 6.20 Å². The minimum Gasteiger partial charge on any atom is -0.334 e. The maximum Gasteiger partial charge on any atom is 0.224 e. The van der Waals surface area contributed by atoms with Crippen molar-refractivity contribution in [2.75, 3.05) is 18.8 Å². The van der Waals surface area contributed by atoms with Gasteiger partial charge in [-0.3, -0.25) is 9.78 Å². The summed E-state index contributed by atoms with van der Waals surface area (Å²) in [7, 11) is -3.17. The monoisotopic (exact) mass is 393 g/mol. The van der Waals surface area contributed by atoms with Crippen LogP contribution in [0.15, 0.2) is 24.4 Å². The Morgan fingerprint density at radius 3 is 2.67 bits per heavy atom. The van der Waals surface area contributed by atoms with Crippen molar-refractivity contribution in [2.45, 2.75) is 69.2 Å². The van der Waals surface area contributed by atoms with Gasteiger partial charge in [0, 0.05) is 18.7 Å². The van der Waals surface area contributed by atoms with Gasteiger partial charge < -0.3 is 10.2 Å². The fourth-order valence-corrected chi connectivity index (χ4v) is 6.03. The van der Waals surface area contributed by atoms with Crippen molar-refractivity contribution < 1.29 is 13.2 Å². The summed E-state index contributed by atoms with van der Waals surface area (Å²) >= 11 is 0. The maximum absolute atomic E-state index is 13.0. The van der Waals surface area contributed by atoms with E-state index >= 15 is 0 Å². The highest BCUT2D eigenvalue weighted by Crippen LogP contribution is 2.26. The van der Waals surface area contributed by atoms with Gasteiger partial charge in [-0.15, -0.1) is 0 Å². The lowest BCUT2D eigenvalue weighted by Gasteiger charge is -2.31. The first-order valence-electron chi connectivity index (χ1n) is 10.2. The molecule has 1 aliphatic heterocycles. The molecule has 6 nitrogen and oxygen atoms in total. The number of sulfone groups is 1. The minimum atomic E-state index is -3.17. The normalized spacial score (nSPS) is 21.7. The molecule has 1 aromatic rings. The summed E-state index contributed by atoms with van der Waals surface area (Å²) in [5, 5.41) is 3.14. The second kappa shape index (κ2) is 9.64. The molecule has 3 rings (SSSR count). The maximum atomic E-state index is 13.0. The SMILES string of the molecule is O=C(CCS(=O)(=O)C1CCCC1)N(Cc1ccccn1)C1CCCNCC1. The molecule has 1 unspecified atom stereocenters. The van der Waals surface area contributed by atoms with Gasteiger partial charge in [0.15, 0.2) is 9.84 Å². The number of hydrogen-bond acceptors (Lipinski definition) is 5. The molecule has 0 bridgehead atoms. The standard InChI is InChI=1S/C20H31N3O3S/c24-20(11-15-27(25,26)19-8-1-2-9-19)23(16-17-6-3-4-13-22-17)18-7-5-12-21-14-10-18/h3-4,6,13,18-19,21H,1-2,5,7-12,14-16H2. The third kappa shape index (κ3) is 5.75. The molecule has 0 aromatic carbocycles. The van der Waals surface area contributed by atoms with Gasteiger partial charge in [-0.05, 0) is 57.3 Å². The first kappa shape index (κ1) is 20.3. The van der Waals surface area contributed by atoms with Gasteiger partial charge in [0.2, 0.25) is 5.91 Å². The number of nitrogens with one attached hydrogen (secondary N) is 1. The lowest BCUT2D eigenvalue weighted by Crippen LogP contribution is -2.41. The summed E-state index contributed by atoms with van der Waals surface area (Å²) in [6, 6.07) is 5.84. The predicted octanol–water partition coefficient (Wildman–Crippen LogP) is 2.30. The molecule has 2 fully saturated rings. The van der Waals surface area contributed by atoms with Crippen LogP contribution in [0.5, 0.6) is 0 Å². The molecular weight excluding hydrogens is 362 g/mol. The first-order valence-corrected chi connectivity index (χ1v) is 11.9. The van der Waals surface area contributed by atoms with E-state index in [1.807, 2.05) is 23.1 Å². The number of nitrogens with zero attached hydrogens (tertiary/aromatic N) is 2. The Kier molecular flexibility index (Phi) is 7.24. The molecule has 7 heteroatoms. The molecule has 27 heavy (non-hydrogen) atoms. The fourth-order valence-electron chi connectivity index (χ4n) is 4.19. The van der Waals surface area contributed by atoms with Crippen LogP contribution in [-0.4, -0.2) is 54.3 Å². The molecule has 0 spiro atoms. The Labute approximate surface area is 162 Å². The van der Waals surface area contributed by atoms with E-state index in [2.05, 4.69) is 10.3 Å². The number of aromatic nitrogens is 1. The second-order valence-corrected chi connectivity index (χ2v) is 10.1. The molecule has 150 valence electrons. The number of pyridine rings is 1. The first-order chi connectivity index (χ1) is 13.1. The number of hydrogen-bond donors (Lipinski definition) is 1. The van der Waals surface area contributed by atoms with Gasteiger partial charge >= 0.3 is 0 Å². The lowest BCUT2D eigenvalue weighted by atomic mass is 10.1. The van der Waals surface area contributed by atoms with Crippen LogP contribution >= 0.6 is 0 Å². The Morgan fingerprint density at radius 2 is 1.93 bits per heavy atom. The summed E-state index contributed by atoms with van der Waals surface area (Å²) in [6.45, 7) is 2.31. The van der Waals surface area contributed by atoms with Crippen molar-refractivity contribution in [2.24, 2.45) is 0 Å². The highest BCUT2D eigenvalue weighted by Gasteiger charge is 2.31. The van der Waals surface area contributed by atoms with E-state index in [0.717, 1.165) is 63.7 Å². The van der Waals surface area contributed by atoms with Crippen LogP contribution < -0.4 is 5.32 Å². The Hall–Kier alpha value is -1.47. The minimum absolute atomic E-state index is 0.0276. The predicted molar refractivity (Wildman–Crippen MR) is 106 cm³/mol. The molecule has 1 N–H and O–H groups in total. The third-order valence-electron chi connectivity index (χ3n) is 5.78. The summed E-state index contributed by atoms with van der Waals surface area (Å²) in [5.41, 5.74) is 0.849. The van der Waals surface area contributed by atoms with E-state index in [4.69, 9.17) is 0 Å². The molecule has 1 saturated heterocycles. The van der Waals surface area contributed by atoms with E-state index in [-0.39, 0.29) is 29.4 Å². The molecule has 2 heterocycles. The zero-order valence-electron chi connectivity index (χ0n) is 16.0. The number of carbonyl (C=O) groups excluding carboxylic acids is 1. The number of amides is 1. The van der Waals surface area contributed by atoms with E-state index in [0.29, 0.717) is 6.54 Å². The Bertz CT molecular complexity index is 694. The van der Waals surface area contributed by atoms with Crippen molar-refractivity contribution in [1.29, 1.82) is 0 Å². The van der Waals surface area contributed by atoms with Crippen molar-refractivity contribution >= 4 is 15.7 Å². The number of carbonyl (C=O) groups is 1. The molecule has 1 aromatic heterocycles. The molecule has 1 amide bonds. The quantitative estimate of drug-likeness (QED) is 0.769. The van der Waals surface area contributed by atoms with E-state index in [9.17, 15) is 13.2 Å². The van der Waals surface area contributed by atoms with Crippen LogP contribution in [0, 0.1) is 0 Å². The summed E-state index contributed by atoms with van der Waals surface area (Å²) < 4.78 is 25.1. The largest absolute Gasteiger partial charge is 0.334 e. The van der Waals surface area contributed by atoms with E-state index < -0.39 is 9.84 Å². The van der Waals surface area contributed by atoms with E-state index in [1.165, 1.54) is 0 Å². The molecule has 1 saturated carbocycles. The fraction of sp³-hybridized carbons (Fsp3) is 0.700. The molecule has 1 atom stereocenters. The van der Waals surface area contributed by atoms with Gasteiger partial charge in [0.1, 0.15) is 0 Å². The van der Waals surface area contributed by atoms with Crippen molar-refractivity contribution in [3.05, 3.63) is 30.1 Å². The van der Waals surface area contributed by atoms with Crippen LogP contribution in [-0.2, 0) is 21.2 Å². The molecule has 0 radical (unpaired) electrons. The van der Waals surface area contributed by atoms with Crippen molar-refractivity contribution in [3.8, 4) is 0 Å². The highest BCUT2D eigenvalue weighted by molar-refractivity contribution is 7.92. The highest BCUT2D eigenvalue weighted by atomic mass is 32.2. The van der Waals surface area contributed by atoms with Crippen molar-refractivity contribution in [3.63, 3.8) is 0 Å². The van der Waals surface area contributed by atoms with Crippen LogP contribution in [0.2, 0.25) is 0 Å². The van der Waals surface area contributed by atoms with Crippen LogP contribution in [0.4, 0.5) is 0 Å². The summed E-state index contributed by atoms with van der Waals surface area (Å²) in [5.74, 6) is -0.0886. The van der Waals surface area contributed by atoms with Gasteiger partial charge in [-0.25, -0.2) is 8.42 Å². The smallest absolute Gasteiger partial charge is 0.224 e. The molecule has 1 aliphatic carbocycles. The van der Waals surface area contributed by atoms with Crippen LogP contribution in [0.3, 0.4) is 0 Å². The second-order valence-electron chi connectivity index (χ2n) is 7.70. The summed E-state index contributed by atoms with van der Waals surface area (Å²) in [6.07, 6.45) is 8.15. The van der Waals surface area contributed by atoms with Gasteiger partial charge in [-0.1, -0.05) is 18.9 Å². The van der Waals surface area contributed by atoms with Gasteiger partial charge in [0.05, 0.1) is 23.2 Å². The summed E-state index contributed by atoms with van der Waals surface area (Å²) in [4.78, 5) is 19.3. The average Bonchev–Trinajstić information content (AvgIpc) is 3.10. The zero-order valence-corrected chi connectivity index (χ0v) is 16.8. The van der Waals surface area contributed by atoms with Crippen LogP contribution in [0.25, 0.3) is 0 Å². The third-order valence-corrected chi connectivity index (χ3v) is 8.04. The Morgan fingerprint density at radius 1 is 1.11 bits per heavy atom. The lowest BCUT2D eigenvalue weighted by molar-refractivity contribution is -0.134. The number of rotatable bonds is 7. The average molecular weight is 394 g/mol. The van der Waals surface area contributed by atoms with Crippen LogP contribution in [0.1, 0.15) is 57.1 Å².